The third kappa shape index (κ3) is 22.4. The van der Waals surface area contributed by atoms with Gasteiger partial charge in [0, 0.05) is 0 Å². The van der Waals surface area contributed by atoms with Crippen LogP contribution in [-0.2, 0) is 63.8 Å². The Morgan fingerprint density at radius 3 is 0.917 bits per heavy atom. The zero-order valence-electron chi connectivity index (χ0n) is 48.2. The molecule has 0 fully saturated rings. The number of carbonyl (C=O) groups is 4. The molecule has 12 heteroatoms. The molecule has 6 unspecified atom stereocenters. The average molecular weight is 1180 g/mol. The lowest BCUT2D eigenvalue weighted by Crippen LogP contribution is -2.28. The molecule has 0 heterocycles. The zero-order valence-corrected chi connectivity index (χ0v) is 48.2. The molecule has 4 aromatic carbocycles. The normalized spacial score (nSPS) is 16.9. The standard InChI is InChI=1S/C17H24O3.2C16H22O3.C15H20O3.8CH4/c1-5-17(2,3)16(18)20-15-8-6-7-12-11-13(19-4)9-10-14(12)15;1-5-16(2,3)15(17)19-14-9-6-11-10-12(18-4)7-8-13(11)14;1-4-11(2)16(17)19-15-7-5-6-12-10-13(18-3)8-9-14(12)15;1-4-10(2)15(16)18-14-8-5-11-9-12(17-3)6-7-13(11)14;;;;;;;;/h9-11,15H,5-8H2,1-4H3;7-8,10,14H,5-6,9H2,1-4H3;8-11,15H,4-7H2,1-3H3;6-7,9-10,14H,4-5,8H2,1-3H3;8*1H4. The lowest BCUT2D eigenvalue weighted by molar-refractivity contribution is -0.161. The van der Waals surface area contributed by atoms with Crippen molar-refractivity contribution < 1.29 is 57.1 Å². The van der Waals surface area contributed by atoms with Gasteiger partial charge in [-0.1, -0.05) is 125 Å². The molecule has 0 radical (unpaired) electrons. The van der Waals surface area contributed by atoms with E-state index in [0.717, 1.165) is 135 Å². The molecule has 0 N–H and O–H groups in total. The number of rotatable bonds is 16. The first-order valence-corrected chi connectivity index (χ1v) is 27.8. The molecule has 480 valence electrons. The van der Waals surface area contributed by atoms with E-state index >= 15 is 0 Å². The number of carbonyl (C=O) groups excluding carboxylic acids is 4. The number of fused-ring (bicyclic) bond motifs is 4. The van der Waals surface area contributed by atoms with Crippen molar-refractivity contribution >= 4 is 23.9 Å². The van der Waals surface area contributed by atoms with Crippen LogP contribution >= 0.6 is 0 Å². The zero-order chi connectivity index (χ0) is 55.7. The smallest absolute Gasteiger partial charge is 0.312 e. The van der Waals surface area contributed by atoms with Crippen molar-refractivity contribution in [2.24, 2.45) is 22.7 Å². The van der Waals surface area contributed by atoms with Gasteiger partial charge in [-0.3, -0.25) is 19.2 Å². The number of ether oxygens (including phenoxy) is 8. The Labute approximate surface area is 513 Å². The molecule has 4 aliphatic carbocycles. The first-order valence-electron chi connectivity index (χ1n) is 27.8. The Morgan fingerprint density at radius 1 is 0.405 bits per heavy atom. The Hall–Kier alpha value is -6.04. The van der Waals surface area contributed by atoms with E-state index in [4.69, 9.17) is 37.9 Å². The van der Waals surface area contributed by atoms with E-state index in [1.165, 1.54) is 22.3 Å². The van der Waals surface area contributed by atoms with Crippen molar-refractivity contribution in [3.8, 4) is 23.0 Å². The van der Waals surface area contributed by atoms with Gasteiger partial charge in [-0.25, -0.2) is 0 Å². The number of benzene rings is 4. The molecule has 0 aromatic heterocycles. The number of hydrogen-bond acceptors (Lipinski definition) is 12. The first-order chi connectivity index (χ1) is 36.3. The Morgan fingerprint density at radius 2 is 0.655 bits per heavy atom. The fourth-order valence-corrected chi connectivity index (χ4v) is 9.31. The lowest BCUT2D eigenvalue weighted by atomic mass is 9.87. The van der Waals surface area contributed by atoms with E-state index in [0.29, 0.717) is 0 Å². The monoisotopic (exact) mass is 1180 g/mol. The Balaban J connectivity index is -0.000000493. The van der Waals surface area contributed by atoms with E-state index in [-0.39, 0.29) is 120 Å². The van der Waals surface area contributed by atoms with Crippen LogP contribution in [0.5, 0.6) is 23.0 Å². The second-order valence-corrected chi connectivity index (χ2v) is 21.9. The highest BCUT2D eigenvalue weighted by molar-refractivity contribution is 5.77. The van der Waals surface area contributed by atoms with Crippen molar-refractivity contribution in [1.29, 1.82) is 0 Å². The molecular weight excluding hydrogens is 1060 g/mol. The summed E-state index contributed by atoms with van der Waals surface area (Å²) in [6.07, 6.45) is 12.5. The lowest BCUT2D eigenvalue weighted by Gasteiger charge is -2.29. The molecule has 0 saturated carbocycles. The van der Waals surface area contributed by atoms with Gasteiger partial charge in [-0.2, -0.15) is 0 Å². The van der Waals surface area contributed by atoms with Gasteiger partial charge < -0.3 is 37.9 Å². The summed E-state index contributed by atoms with van der Waals surface area (Å²) in [5.74, 6) is 3.02. The van der Waals surface area contributed by atoms with Crippen LogP contribution in [0.15, 0.2) is 72.8 Å². The van der Waals surface area contributed by atoms with Crippen molar-refractivity contribution in [2.45, 2.75) is 243 Å². The summed E-state index contributed by atoms with van der Waals surface area (Å²) >= 11 is 0. The third-order valence-electron chi connectivity index (χ3n) is 15.9. The van der Waals surface area contributed by atoms with E-state index in [9.17, 15) is 19.2 Å². The molecule has 0 bridgehead atoms. The summed E-state index contributed by atoms with van der Waals surface area (Å²) in [5, 5.41) is 0. The SMILES string of the molecule is C.C.C.C.C.C.C.C.CCC(C)(C)C(=O)OC1CCCc2cc(OC)ccc21.CCC(C)(C)C(=O)OC1CCc2cc(OC)ccc21.CCC(C)C(=O)OC1CCCc2cc(OC)ccc21.CCC(C)C(=O)OC1CCc2cc(OC)ccc21. The molecule has 0 saturated heterocycles. The Bertz CT molecular complexity index is 2560. The number of esters is 4. The van der Waals surface area contributed by atoms with Gasteiger partial charge >= 0.3 is 23.9 Å². The van der Waals surface area contributed by atoms with E-state index < -0.39 is 10.8 Å². The molecule has 0 amide bonds. The Kier molecular flexibility index (Phi) is 39.7. The molecule has 6 atom stereocenters. The van der Waals surface area contributed by atoms with Crippen LogP contribution in [0, 0.1) is 22.7 Å². The van der Waals surface area contributed by atoms with Crippen LogP contribution in [0.2, 0.25) is 0 Å². The fraction of sp³-hybridized carbons (Fsp3) is 0.611. The van der Waals surface area contributed by atoms with Gasteiger partial charge in [-0.05, 0) is 211 Å². The summed E-state index contributed by atoms with van der Waals surface area (Å²) in [7, 11) is 6.67. The minimum absolute atomic E-state index is 0. The van der Waals surface area contributed by atoms with Crippen LogP contribution in [0.1, 0.15) is 262 Å². The highest BCUT2D eigenvalue weighted by atomic mass is 16.6. The molecule has 4 aliphatic rings. The highest BCUT2D eigenvalue weighted by Gasteiger charge is 2.35. The van der Waals surface area contributed by atoms with Gasteiger partial charge in [0.25, 0.3) is 0 Å². The third-order valence-corrected chi connectivity index (χ3v) is 15.9. The first kappa shape index (κ1) is 84.4. The molecule has 4 aromatic rings. The van der Waals surface area contributed by atoms with Crippen molar-refractivity contribution in [3.63, 3.8) is 0 Å². The molecule has 12 nitrogen and oxygen atoms in total. The van der Waals surface area contributed by atoms with Crippen molar-refractivity contribution in [2.75, 3.05) is 28.4 Å². The summed E-state index contributed by atoms with van der Waals surface area (Å²) in [5.41, 5.74) is 8.66. The molecule has 0 spiro atoms. The number of hydrogen-bond donors (Lipinski definition) is 0. The average Bonchev–Trinajstić information content (AvgIpc) is 4.19. The predicted octanol–water partition coefficient (Wildman–Crippen LogP) is 19.7. The molecule has 0 aliphatic heterocycles. The van der Waals surface area contributed by atoms with Gasteiger partial charge in [0.1, 0.15) is 47.4 Å². The van der Waals surface area contributed by atoms with Gasteiger partial charge in [0.15, 0.2) is 0 Å². The maximum Gasteiger partial charge on any atom is 0.312 e. The molecular formula is C72H120O12. The van der Waals surface area contributed by atoms with E-state index in [2.05, 4.69) is 12.1 Å². The summed E-state index contributed by atoms with van der Waals surface area (Å²) < 4.78 is 43.6. The maximum atomic E-state index is 12.3. The quantitative estimate of drug-likeness (QED) is 0.0778. The van der Waals surface area contributed by atoms with Gasteiger partial charge in [-0.15, -0.1) is 0 Å². The van der Waals surface area contributed by atoms with Gasteiger partial charge in [0.2, 0.25) is 0 Å². The van der Waals surface area contributed by atoms with E-state index in [1.54, 1.807) is 28.4 Å². The van der Waals surface area contributed by atoms with Crippen molar-refractivity contribution in [3.05, 3.63) is 117 Å². The summed E-state index contributed by atoms with van der Waals surface area (Å²) in [4.78, 5) is 48.1. The van der Waals surface area contributed by atoms with Crippen LogP contribution in [0.4, 0.5) is 0 Å². The van der Waals surface area contributed by atoms with Crippen LogP contribution in [0.3, 0.4) is 0 Å². The number of methoxy groups -OCH3 is 4. The van der Waals surface area contributed by atoms with Crippen LogP contribution < -0.4 is 18.9 Å². The number of aryl methyl sites for hydroxylation is 4. The predicted molar refractivity (Wildman–Crippen MR) is 351 cm³/mol. The van der Waals surface area contributed by atoms with Crippen molar-refractivity contribution in [1.82, 2.24) is 0 Å². The highest BCUT2D eigenvalue weighted by Crippen LogP contribution is 2.41. The van der Waals surface area contributed by atoms with Crippen LogP contribution in [0.25, 0.3) is 0 Å². The topological polar surface area (TPSA) is 142 Å². The van der Waals surface area contributed by atoms with Crippen LogP contribution in [-0.4, -0.2) is 52.3 Å². The minimum atomic E-state index is -0.413. The maximum absolute atomic E-state index is 12.3. The molecule has 8 rings (SSSR count). The molecule has 84 heavy (non-hydrogen) atoms. The summed E-state index contributed by atoms with van der Waals surface area (Å²) in [6, 6.07) is 24.0. The van der Waals surface area contributed by atoms with Gasteiger partial charge in [0.05, 0.1) is 51.1 Å². The summed E-state index contributed by atoms with van der Waals surface area (Å²) in [6.45, 7) is 19.6. The minimum Gasteiger partial charge on any atom is -0.497 e. The van der Waals surface area contributed by atoms with E-state index in [1.807, 2.05) is 130 Å². The largest absolute Gasteiger partial charge is 0.497 e. The second-order valence-electron chi connectivity index (χ2n) is 21.9. The fourth-order valence-electron chi connectivity index (χ4n) is 9.31. The second kappa shape index (κ2) is 39.6.